The van der Waals surface area contributed by atoms with E-state index in [2.05, 4.69) is 27.0 Å². The van der Waals surface area contributed by atoms with E-state index in [-0.39, 0.29) is 5.91 Å². The molecule has 0 aromatic carbocycles. The van der Waals surface area contributed by atoms with E-state index in [9.17, 15) is 4.79 Å². The second-order valence-corrected chi connectivity index (χ2v) is 5.78. The maximum absolute atomic E-state index is 11.7. The van der Waals surface area contributed by atoms with Gasteiger partial charge in [-0.15, -0.1) is 0 Å². The van der Waals surface area contributed by atoms with Gasteiger partial charge >= 0.3 is 0 Å². The van der Waals surface area contributed by atoms with Crippen LogP contribution < -0.4 is 16.4 Å². The Balaban J connectivity index is 1.97. The zero-order valence-electron chi connectivity index (χ0n) is 11.4. The molecule has 0 bridgehead atoms. The molecule has 106 valence electrons. The van der Waals surface area contributed by atoms with Gasteiger partial charge in [0, 0.05) is 20.1 Å². The number of anilines is 2. The molecule has 0 spiro atoms. The van der Waals surface area contributed by atoms with Gasteiger partial charge in [-0.3, -0.25) is 4.79 Å². The van der Waals surface area contributed by atoms with Crippen molar-refractivity contribution in [2.24, 2.45) is 5.92 Å². The number of nitrogens with two attached hydrogens (primary N) is 1. The molecule has 4 N–H and O–H groups in total. The van der Waals surface area contributed by atoms with Crippen LogP contribution in [0.4, 0.5) is 10.8 Å². The molecule has 1 aliphatic rings. The molecule has 1 fully saturated rings. The minimum Gasteiger partial charge on any atom is -0.382 e. The van der Waals surface area contributed by atoms with Crippen LogP contribution >= 0.6 is 11.5 Å². The van der Waals surface area contributed by atoms with Crippen LogP contribution in [0.5, 0.6) is 0 Å². The molecule has 2 rings (SSSR count). The van der Waals surface area contributed by atoms with Crippen LogP contribution in [0.1, 0.15) is 23.2 Å². The lowest BCUT2D eigenvalue weighted by Gasteiger charge is -2.29. The molecule has 0 radical (unpaired) electrons. The van der Waals surface area contributed by atoms with Gasteiger partial charge in [0.25, 0.3) is 5.91 Å². The number of hydrogen-bond donors (Lipinski definition) is 3. The summed E-state index contributed by atoms with van der Waals surface area (Å²) in [6.07, 6.45) is 2.46. The minimum atomic E-state index is -0.186. The minimum absolute atomic E-state index is 0.186. The van der Waals surface area contributed by atoms with Gasteiger partial charge in [0.2, 0.25) is 0 Å². The van der Waals surface area contributed by atoms with Crippen molar-refractivity contribution in [2.45, 2.75) is 12.8 Å². The van der Waals surface area contributed by atoms with E-state index in [0.717, 1.165) is 18.1 Å². The van der Waals surface area contributed by atoms with Crippen molar-refractivity contribution in [1.82, 2.24) is 14.6 Å². The predicted octanol–water partition coefficient (Wildman–Crippen LogP) is 0.839. The number of carbonyl (C=O) groups excluding carboxylic acids is 1. The average Bonchev–Trinajstić information content (AvgIpc) is 2.77. The third-order valence-electron chi connectivity index (χ3n) is 3.45. The highest BCUT2D eigenvalue weighted by atomic mass is 32.1. The van der Waals surface area contributed by atoms with E-state index < -0.39 is 0 Å². The Kier molecular flexibility index (Phi) is 4.60. The number of nitrogens with one attached hydrogen (secondary N) is 2. The molecule has 1 saturated heterocycles. The summed E-state index contributed by atoms with van der Waals surface area (Å²) >= 11 is 1.25. The van der Waals surface area contributed by atoms with E-state index in [0.29, 0.717) is 17.3 Å². The van der Waals surface area contributed by atoms with Crippen molar-refractivity contribution in [1.29, 1.82) is 0 Å². The lowest BCUT2D eigenvalue weighted by molar-refractivity contribution is 0.0965. The van der Waals surface area contributed by atoms with Crippen LogP contribution in [0.25, 0.3) is 0 Å². The van der Waals surface area contributed by atoms with Gasteiger partial charge in [-0.25, -0.2) is 0 Å². The first-order chi connectivity index (χ1) is 9.11. The Bertz CT molecular complexity index is 447. The van der Waals surface area contributed by atoms with Gasteiger partial charge in [-0.1, -0.05) is 0 Å². The number of nitrogens with zero attached hydrogens (tertiary/aromatic N) is 2. The van der Waals surface area contributed by atoms with E-state index >= 15 is 0 Å². The maximum Gasteiger partial charge on any atom is 0.257 e. The summed E-state index contributed by atoms with van der Waals surface area (Å²) in [6, 6.07) is 0. The fraction of sp³-hybridized carbons (Fsp3) is 0.667. The van der Waals surface area contributed by atoms with Crippen LogP contribution in [0.2, 0.25) is 0 Å². The molecular weight excluding hydrogens is 262 g/mol. The first-order valence-electron chi connectivity index (χ1n) is 6.51. The van der Waals surface area contributed by atoms with Crippen LogP contribution in [-0.4, -0.2) is 48.9 Å². The summed E-state index contributed by atoms with van der Waals surface area (Å²) in [7, 11) is 3.74. The normalized spacial score (nSPS) is 20.2. The average molecular weight is 283 g/mol. The van der Waals surface area contributed by atoms with Gasteiger partial charge < -0.3 is 21.3 Å². The Morgan fingerprint density at radius 1 is 1.63 bits per heavy atom. The summed E-state index contributed by atoms with van der Waals surface area (Å²) in [4.78, 5) is 14.1. The van der Waals surface area contributed by atoms with Crippen molar-refractivity contribution in [2.75, 3.05) is 44.8 Å². The van der Waals surface area contributed by atoms with Gasteiger partial charge in [0.15, 0.2) is 5.82 Å². The van der Waals surface area contributed by atoms with Crippen LogP contribution in [-0.2, 0) is 0 Å². The van der Waals surface area contributed by atoms with Crippen LogP contribution in [0.15, 0.2) is 0 Å². The standard InChI is InChI=1S/C12H21N5OS/c1-14-11(18)9-10(13)16-19-12(9)15-6-8-4-3-5-17(2)7-8/h8,15H,3-7H2,1-2H3,(H2,13,16)(H,14,18). The molecule has 0 saturated carbocycles. The number of amides is 1. The number of nitrogen functional groups attached to an aromatic ring is 1. The molecular formula is C12H21N5OS. The summed E-state index contributed by atoms with van der Waals surface area (Å²) in [5, 5.41) is 6.69. The summed E-state index contributed by atoms with van der Waals surface area (Å²) in [5.41, 5.74) is 6.21. The van der Waals surface area contributed by atoms with Gasteiger partial charge in [0.05, 0.1) is 0 Å². The van der Waals surface area contributed by atoms with E-state index in [1.807, 2.05) is 0 Å². The third-order valence-corrected chi connectivity index (χ3v) is 4.26. The van der Waals surface area contributed by atoms with E-state index in [1.54, 1.807) is 7.05 Å². The summed E-state index contributed by atoms with van der Waals surface area (Å²) < 4.78 is 4.05. The largest absolute Gasteiger partial charge is 0.382 e. The molecule has 1 atom stereocenters. The SMILES string of the molecule is CNC(=O)c1c(N)nsc1NCC1CCCN(C)C1. The van der Waals surface area contributed by atoms with Crippen molar-refractivity contribution < 1.29 is 4.79 Å². The molecule has 6 nitrogen and oxygen atoms in total. The second kappa shape index (κ2) is 6.21. The first-order valence-corrected chi connectivity index (χ1v) is 7.28. The molecule has 1 unspecified atom stereocenters. The predicted molar refractivity (Wildman–Crippen MR) is 78.6 cm³/mol. The van der Waals surface area contributed by atoms with Gasteiger partial charge in [-0.05, 0) is 43.9 Å². The number of carbonyl (C=O) groups is 1. The number of aromatic nitrogens is 1. The highest BCUT2D eigenvalue weighted by Crippen LogP contribution is 2.27. The summed E-state index contributed by atoms with van der Waals surface area (Å²) in [5.74, 6) is 0.724. The third kappa shape index (κ3) is 3.36. The van der Waals surface area contributed by atoms with Gasteiger partial charge in [0.1, 0.15) is 10.6 Å². The van der Waals surface area contributed by atoms with Crippen LogP contribution in [0.3, 0.4) is 0 Å². The van der Waals surface area contributed by atoms with Gasteiger partial charge in [-0.2, -0.15) is 4.37 Å². The van der Waals surface area contributed by atoms with Crippen molar-refractivity contribution >= 4 is 28.3 Å². The number of hydrogen-bond acceptors (Lipinski definition) is 6. The molecule has 1 amide bonds. The lowest BCUT2D eigenvalue weighted by atomic mass is 9.98. The number of likely N-dealkylation sites (tertiary alicyclic amines) is 1. The zero-order valence-corrected chi connectivity index (χ0v) is 12.2. The molecule has 19 heavy (non-hydrogen) atoms. The Morgan fingerprint density at radius 3 is 3.11 bits per heavy atom. The molecule has 0 aliphatic carbocycles. The highest BCUT2D eigenvalue weighted by molar-refractivity contribution is 7.11. The van der Waals surface area contributed by atoms with E-state index in [4.69, 9.17) is 5.73 Å². The second-order valence-electron chi connectivity index (χ2n) is 5.00. The smallest absolute Gasteiger partial charge is 0.257 e. The molecule has 7 heteroatoms. The van der Waals surface area contributed by atoms with Crippen molar-refractivity contribution in [3.8, 4) is 0 Å². The fourth-order valence-electron chi connectivity index (χ4n) is 2.44. The van der Waals surface area contributed by atoms with E-state index in [1.165, 1.54) is 30.9 Å². The number of piperidine rings is 1. The monoisotopic (exact) mass is 283 g/mol. The topological polar surface area (TPSA) is 83.3 Å². The fourth-order valence-corrected chi connectivity index (χ4v) is 3.16. The highest BCUT2D eigenvalue weighted by Gasteiger charge is 2.21. The Morgan fingerprint density at radius 2 is 2.42 bits per heavy atom. The first kappa shape index (κ1) is 14.1. The van der Waals surface area contributed by atoms with Crippen molar-refractivity contribution in [3.63, 3.8) is 0 Å². The Hall–Kier alpha value is -1.34. The maximum atomic E-state index is 11.7. The number of rotatable bonds is 4. The quantitative estimate of drug-likeness (QED) is 0.762. The molecule has 2 heterocycles. The van der Waals surface area contributed by atoms with Crippen LogP contribution in [0, 0.1) is 5.92 Å². The molecule has 1 aromatic rings. The summed E-state index contributed by atoms with van der Waals surface area (Å²) in [6.45, 7) is 3.13. The van der Waals surface area contributed by atoms with Crippen molar-refractivity contribution in [3.05, 3.63) is 5.56 Å². The molecule has 1 aliphatic heterocycles. The zero-order chi connectivity index (χ0) is 13.8. The Labute approximate surface area is 117 Å². The molecule has 1 aromatic heterocycles. The lowest BCUT2D eigenvalue weighted by Crippen LogP contribution is -2.35.